The lowest BCUT2D eigenvalue weighted by molar-refractivity contribution is 0.185. The van der Waals surface area contributed by atoms with E-state index in [1.807, 2.05) is 6.20 Å². The van der Waals surface area contributed by atoms with E-state index in [1.54, 1.807) is 7.11 Å². The lowest BCUT2D eigenvalue weighted by Crippen LogP contribution is -2.23. The van der Waals surface area contributed by atoms with Crippen LogP contribution in [0.2, 0.25) is 0 Å². The van der Waals surface area contributed by atoms with Crippen molar-refractivity contribution in [1.82, 2.24) is 14.5 Å². The maximum atomic E-state index is 10.0. The van der Waals surface area contributed by atoms with E-state index in [-0.39, 0.29) is 18.1 Å². The van der Waals surface area contributed by atoms with Crippen LogP contribution >= 0.6 is 0 Å². The predicted octanol–water partition coefficient (Wildman–Crippen LogP) is 4.42. The first-order chi connectivity index (χ1) is 14.9. The first kappa shape index (κ1) is 22.4. The van der Waals surface area contributed by atoms with Crippen molar-refractivity contribution in [3.8, 4) is 0 Å². The van der Waals surface area contributed by atoms with Crippen LogP contribution in [0.3, 0.4) is 0 Å². The molecule has 0 spiro atoms. The number of aliphatic hydroxyl groups is 1. The van der Waals surface area contributed by atoms with E-state index in [1.165, 1.54) is 25.0 Å². The molecule has 31 heavy (non-hydrogen) atoms. The molecule has 0 bridgehead atoms. The van der Waals surface area contributed by atoms with Gasteiger partial charge in [-0.3, -0.25) is 9.98 Å². The highest BCUT2D eigenvalue weighted by Gasteiger charge is 2.31. The molecule has 1 aliphatic heterocycles. The number of aliphatic imine (C=N–C) groups is 1. The second-order valence-corrected chi connectivity index (χ2v) is 10.2. The number of hydrogen-bond acceptors (Lipinski definition) is 5. The van der Waals surface area contributed by atoms with Gasteiger partial charge >= 0.3 is 0 Å². The Kier molecular flexibility index (Phi) is 6.77. The molecule has 2 aromatic heterocycles. The molecular weight excluding hydrogens is 388 g/mol. The van der Waals surface area contributed by atoms with E-state index in [4.69, 9.17) is 19.7 Å². The molecule has 4 rings (SSSR count). The topological polar surface area (TPSA) is 72.5 Å². The second kappa shape index (κ2) is 9.37. The number of methoxy groups -OCH3 is 1. The Labute approximate surface area is 186 Å². The molecule has 1 saturated carbocycles. The van der Waals surface area contributed by atoms with Crippen LogP contribution in [0.4, 0.5) is 0 Å². The SMILES string of the molecule is COCCCC(C)(C)c1cc2ncc(C3=N[C@@H](CO)[C@H](CC4CC4)CCC3)nc2n1C. The average Bonchev–Trinajstić information content (AvgIpc) is 3.54. The van der Waals surface area contributed by atoms with E-state index >= 15 is 0 Å². The summed E-state index contributed by atoms with van der Waals surface area (Å²) in [6.45, 7) is 5.46. The summed E-state index contributed by atoms with van der Waals surface area (Å²) in [5, 5.41) is 10.0. The fraction of sp³-hybridized carbons (Fsp3) is 0.720. The second-order valence-electron chi connectivity index (χ2n) is 10.2. The zero-order valence-electron chi connectivity index (χ0n) is 19.6. The molecule has 6 heteroatoms. The largest absolute Gasteiger partial charge is 0.394 e. The predicted molar refractivity (Wildman–Crippen MR) is 125 cm³/mol. The Hall–Kier alpha value is -1.79. The van der Waals surface area contributed by atoms with Crippen LogP contribution in [0.25, 0.3) is 11.2 Å². The molecule has 2 aromatic rings. The van der Waals surface area contributed by atoms with Crippen molar-refractivity contribution in [2.24, 2.45) is 23.9 Å². The fourth-order valence-corrected chi connectivity index (χ4v) is 5.19. The summed E-state index contributed by atoms with van der Waals surface area (Å²) in [4.78, 5) is 14.8. The number of hydrogen-bond donors (Lipinski definition) is 1. The number of aliphatic hydroxyl groups excluding tert-OH is 1. The quantitative estimate of drug-likeness (QED) is 0.602. The highest BCUT2D eigenvalue weighted by molar-refractivity contribution is 6.00. The van der Waals surface area contributed by atoms with Gasteiger partial charge in [0.1, 0.15) is 11.2 Å². The van der Waals surface area contributed by atoms with Crippen LogP contribution < -0.4 is 0 Å². The van der Waals surface area contributed by atoms with Gasteiger partial charge in [0.15, 0.2) is 5.65 Å². The third-order valence-corrected chi connectivity index (χ3v) is 7.25. The maximum absolute atomic E-state index is 10.0. The van der Waals surface area contributed by atoms with Crippen molar-refractivity contribution in [3.63, 3.8) is 0 Å². The van der Waals surface area contributed by atoms with Crippen LogP contribution in [0, 0.1) is 11.8 Å². The van der Waals surface area contributed by atoms with E-state index in [0.29, 0.717) is 5.92 Å². The average molecular weight is 427 g/mol. The van der Waals surface area contributed by atoms with Crippen molar-refractivity contribution in [2.75, 3.05) is 20.3 Å². The summed E-state index contributed by atoms with van der Waals surface area (Å²) >= 11 is 0. The molecule has 3 heterocycles. The van der Waals surface area contributed by atoms with Crippen LogP contribution in [0.5, 0.6) is 0 Å². The summed E-state index contributed by atoms with van der Waals surface area (Å²) in [7, 11) is 3.84. The van der Waals surface area contributed by atoms with Crippen LogP contribution in [0.15, 0.2) is 17.3 Å². The number of ether oxygens (including phenoxy) is 1. The summed E-state index contributed by atoms with van der Waals surface area (Å²) in [5.74, 6) is 1.36. The van der Waals surface area contributed by atoms with Gasteiger partial charge in [0.05, 0.1) is 24.6 Å². The zero-order chi connectivity index (χ0) is 22.0. The molecular formula is C25H38N4O2. The van der Waals surface area contributed by atoms with E-state index in [2.05, 4.69) is 31.5 Å². The Morgan fingerprint density at radius 1 is 1.26 bits per heavy atom. The highest BCUT2D eigenvalue weighted by atomic mass is 16.5. The van der Waals surface area contributed by atoms with Crippen LogP contribution in [0.1, 0.15) is 76.6 Å². The smallest absolute Gasteiger partial charge is 0.159 e. The third-order valence-electron chi connectivity index (χ3n) is 7.25. The van der Waals surface area contributed by atoms with Gasteiger partial charge in [-0.05, 0) is 56.4 Å². The lowest BCUT2D eigenvalue weighted by Gasteiger charge is -2.25. The first-order valence-electron chi connectivity index (χ1n) is 11.9. The van der Waals surface area contributed by atoms with Gasteiger partial charge in [0.25, 0.3) is 0 Å². The minimum absolute atomic E-state index is 0.000659. The third kappa shape index (κ3) is 5.01. The molecule has 0 amide bonds. The molecule has 6 nitrogen and oxygen atoms in total. The van der Waals surface area contributed by atoms with Crippen LogP contribution in [-0.2, 0) is 17.2 Å². The minimum atomic E-state index is -0.000659. The molecule has 0 unspecified atom stereocenters. The van der Waals surface area contributed by atoms with Gasteiger partial charge in [0.2, 0.25) is 0 Å². The Morgan fingerprint density at radius 2 is 2.06 bits per heavy atom. The molecule has 1 aliphatic carbocycles. The van der Waals surface area contributed by atoms with E-state index in [0.717, 1.165) is 67.2 Å². The van der Waals surface area contributed by atoms with Crippen molar-refractivity contribution in [1.29, 1.82) is 0 Å². The molecule has 2 atom stereocenters. The molecule has 1 fully saturated rings. The number of nitrogens with zero attached hydrogens (tertiary/aromatic N) is 4. The summed E-state index contributed by atoms with van der Waals surface area (Å²) in [6, 6.07) is 2.18. The number of aromatic nitrogens is 3. The normalized spacial score (nSPS) is 22.5. The Bertz CT molecular complexity index is 929. The Balaban J connectivity index is 1.61. The molecule has 0 saturated heterocycles. The lowest BCUT2D eigenvalue weighted by atomic mass is 9.84. The number of aryl methyl sites for hydroxylation is 1. The van der Waals surface area contributed by atoms with Gasteiger partial charge in [-0.1, -0.05) is 26.7 Å². The van der Waals surface area contributed by atoms with E-state index < -0.39 is 0 Å². The molecule has 0 aromatic carbocycles. The van der Waals surface area contributed by atoms with E-state index in [9.17, 15) is 5.11 Å². The van der Waals surface area contributed by atoms with Gasteiger partial charge in [-0.2, -0.15) is 0 Å². The first-order valence-corrected chi connectivity index (χ1v) is 11.9. The highest BCUT2D eigenvalue weighted by Crippen LogP contribution is 2.39. The monoisotopic (exact) mass is 426 g/mol. The maximum Gasteiger partial charge on any atom is 0.159 e. The van der Waals surface area contributed by atoms with Crippen molar-refractivity contribution in [3.05, 3.63) is 23.7 Å². The summed E-state index contributed by atoms with van der Waals surface area (Å²) in [6.07, 6.45) is 11.0. The van der Waals surface area contributed by atoms with Gasteiger partial charge in [-0.25, -0.2) is 4.98 Å². The number of rotatable bonds is 9. The van der Waals surface area contributed by atoms with Gasteiger partial charge in [-0.15, -0.1) is 0 Å². The van der Waals surface area contributed by atoms with Crippen molar-refractivity contribution < 1.29 is 9.84 Å². The van der Waals surface area contributed by atoms with Crippen molar-refractivity contribution >= 4 is 16.9 Å². The summed E-state index contributed by atoms with van der Waals surface area (Å²) < 4.78 is 7.43. The van der Waals surface area contributed by atoms with Gasteiger partial charge in [0, 0.05) is 31.9 Å². The number of fused-ring (bicyclic) bond motifs is 1. The van der Waals surface area contributed by atoms with Crippen molar-refractivity contribution in [2.45, 2.75) is 76.7 Å². The molecule has 170 valence electrons. The molecule has 2 aliphatic rings. The minimum Gasteiger partial charge on any atom is -0.394 e. The Morgan fingerprint density at radius 3 is 2.77 bits per heavy atom. The van der Waals surface area contributed by atoms with Crippen LogP contribution in [-0.4, -0.2) is 51.7 Å². The zero-order valence-corrected chi connectivity index (χ0v) is 19.6. The van der Waals surface area contributed by atoms with Gasteiger partial charge < -0.3 is 14.4 Å². The molecule has 1 N–H and O–H groups in total. The fourth-order valence-electron chi connectivity index (χ4n) is 5.19. The molecule has 0 radical (unpaired) electrons. The summed E-state index contributed by atoms with van der Waals surface area (Å²) in [5.41, 5.74) is 4.98. The standard InChI is InChI=1S/C25H38N4O2/c1-25(2,11-6-12-31-4)23-14-20-24(29(23)3)28-21(15-26-20)19-8-5-7-18(13-17-9-10-17)22(16-30)27-19/h14-15,17-18,22,30H,5-13,16H2,1-4H3/t18-,22-/m0/s1.